The number of ether oxygens (including phenoxy) is 1. The Morgan fingerprint density at radius 3 is 2.80 bits per heavy atom. The second-order valence-corrected chi connectivity index (χ2v) is 5.85. The molecule has 1 fully saturated rings. The number of benzene rings is 1. The van der Waals surface area contributed by atoms with Crippen LogP contribution in [0.2, 0.25) is 0 Å². The Bertz CT molecular complexity index is 494. The van der Waals surface area contributed by atoms with E-state index in [9.17, 15) is 4.79 Å². The number of carbonyl (C=O) groups excluding carboxylic acids is 1. The van der Waals surface area contributed by atoms with Crippen LogP contribution in [0.15, 0.2) is 18.2 Å². The molecule has 1 atom stereocenters. The van der Waals surface area contributed by atoms with Crippen LogP contribution >= 0.6 is 0 Å². The third-order valence-electron chi connectivity index (χ3n) is 3.55. The van der Waals surface area contributed by atoms with Gasteiger partial charge in [0.15, 0.2) is 0 Å². The predicted molar refractivity (Wildman–Crippen MR) is 81.0 cm³/mol. The molecule has 1 aromatic rings. The fraction of sp³-hybridized carbons (Fsp3) is 0.533. The lowest BCUT2D eigenvalue weighted by molar-refractivity contribution is 0.0539. The topological polar surface area (TPSA) is 67.6 Å². The standard InChI is InChI=1S/C15H23N3O2/c1-15(7-4-8-20-10-15)17-13-9-11(16)5-6-12(13)14(19)18(2)3/h5-6,9,17H,4,7-8,10,16H2,1-3H3. The summed E-state index contributed by atoms with van der Waals surface area (Å²) in [5.41, 5.74) is 7.75. The number of nitrogen functional groups attached to an aromatic ring is 1. The molecule has 5 nitrogen and oxygen atoms in total. The number of hydrogen-bond acceptors (Lipinski definition) is 4. The summed E-state index contributed by atoms with van der Waals surface area (Å²) in [4.78, 5) is 13.8. The Hall–Kier alpha value is -1.75. The predicted octanol–water partition coefficient (Wildman–Crippen LogP) is 1.95. The van der Waals surface area contributed by atoms with Gasteiger partial charge in [-0.3, -0.25) is 4.79 Å². The highest BCUT2D eigenvalue weighted by molar-refractivity contribution is 6.00. The van der Waals surface area contributed by atoms with E-state index < -0.39 is 0 Å². The molecular formula is C15H23N3O2. The van der Waals surface area contributed by atoms with E-state index in [0.717, 1.165) is 25.1 Å². The third kappa shape index (κ3) is 3.22. The molecule has 1 heterocycles. The van der Waals surface area contributed by atoms with Crippen molar-refractivity contribution in [1.82, 2.24) is 4.90 Å². The molecule has 2 rings (SSSR count). The summed E-state index contributed by atoms with van der Waals surface area (Å²) in [6, 6.07) is 5.34. The van der Waals surface area contributed by atoms with E-state index in [-0.39, 0.29) is 11.4 Å². The van der Waals surface area contributed by atoms with Crippen molar-refractivity contribution in [3.63, 3.8) is 0 Å². The maximum absolute atomic E-state index is 12.2. The van der Waals surface area contributed by atoms with Crippen molar-refractivity contribution in [1.29, 1.82) is 0 Å². The first-order valence-corrected chi connectivity index (χ1v) is 6.88. The van der Waals surface area contributed by atoms with Gasteiger partial charge in [-0.05, 0) is 38.0 Å². The van der Waals surface area contributed by atoms with Gasteiger partial charge in [-0.15, -0.1) is 0 Å². The molecule has 5 heteroatoms. The minimum absolute atomic E-state index is 0.0344. The molecule has 1 aromatic carbocycles. The highest BCUT2D eigenvalue weighted by Gasteiger charge is 2.29. The minimum Gasteiger partial charge on any atom is -0.399 e. The molecule has 1 saturated heterocycles. The van der Waals surface area contributed by atoms with Crippen LogP contribution < -0.4 is 11.1 Å². The van der Waals surface area contributed by atoms with Crippen LogP contribution in [-0.4, -0.2) is 43.7 Å². The summed E-state index contributed by atoms with van der Waals surface area (Å²) in [5, 5.41) is 3.45. The van der Waals surface area contributed by atoms with Gasteiger partial charge in [0.05, 0.1) is 17.7 Å². The molecule has 0 bridgehead atoms. The quantitative estimate of drug-likeness (QED) is 0.829. The number of nitrogens with two attached hydrogens (primary N) is 1. The van der Waals surface area contributed by atoms with Crippen LogP contribution in [-0.2, 0) is 4.74 Å². The van der Waals surface area contributed by atoms with Gasteiger partial charge in [0, 0.05) is 32.1 Å². The van der Waals surface area contributed by atoms with Crippen LogP contribution in [0.3, 0.4) is 0 Å². The lowest BCUT2D eigenvalue weighted by Crippen LogP contribution is -2.43. The maximum Gasteiger partial charge on any atom is 0.255 e. The highest BCUT2D eigenvalue weighted by Crippen LogP contribution is 2.28. The molecular weight excluding hydrogens is 254 g/mol. The zero-order chi connectivity index (χ0) is 14.8. The summed E-state index contributed by atoms with van der Waals surface area (Å²) in [7, 11) is 3.49. The lowest BCUT2D eigenvalue weighted by atomic mass is 9.94. The fourth-order valence-corrected chi connectivity index (χ4v) is 2.45. The number of rotatable bonds is 3. The Kier molecular flexibility index (Phi) is 4.18. The molecule has 0 radical (unpaired) electrons. The summed E-state index contributed by atoms with van der Waals surface area (Å²) < 4.78 is 5.55. The van der Waals surface area contributed by atoms with Crippen molar-refractivity contribution in [3.05, 3.63) is 23.8 Å². The van der Waals surface area contributed by atoms with E-state index in [4.69, 9.17) is 10.5 Å². The average molecular weight is 277 g/mol. The van der Waals surface area contributed by atoms with Crippen LogP contribution in [0.5, 0.6) is 0 Å². The molecule has 1 aliphatic heterocycles. The average Bonchev–Trinajstić information content (AvgIpc) is 2.38. The normalized spacial score (nSPS) is 22.4. The van der Waals surface area contributed by atoms with Crippen LogP contribution in [0.1, 0.15) is 30.1 Å². The molecule has 1 aliphatic rings. The smallest absolute Gasteiger partial charge is 0.255 e. The van der Waals surface area contributed by atoms with Crippen LogP contribution in [0, 0.1) is 0 Å². The van der Waals surface area contributed by atoms with Gasteiger partial charge in [0.2, 0.25) is 0 Å². The molecule has 0 saturated carbocycles. The summed E-state index contributed by atoms with van der Waals surface area (Å²) in [5.74, 6) is -0.0344. The van der Waals surface area contributed by atoms with Crippen LogP contribution in [0.4, 0.5) is 11.4 Å². The number of anilines is 2. The zero-order valence-electron chi connectivity index (χ0n) is 12.4. The first-order chi connectivity index (χ1) is 9.41. The van der Waals surface area contributed by atoms with Crippen LogP contribution in [0.25, 0.3) is 0 Å². The minimum atomic E-state index is -0.159. The van der Waals surface area contributed by atoms with Crippen molar-refractivity contribution >= 4 is 17.3 Å². The van der Waals surface area contributed by atoms with E-state index in [2.05, 4.69) is 12.2 Å². The molecule has 0 aromatic heterocycles. The maximum atomic E-state index is 12.2. The number of hydrogen-bond donors (Lipinski definition) is 2. The van der Waals surface area contributed by atoms with Gasteiger partial charge in [0.1, 0.15) is 0 Å². The van der Waals surface area contributed by atoms with Gasteiger partial charge in [-0.1, -0.05) is 0 Å². The first kappa shape index (κ1) is 14.7. The Morgan fingerprint density at radius 1 is 1.45 bits per heavy atom. The zero-order valence-corrected chi connectivity index (χ0v) is 12.4. The Labute approximate surface area is 120 Å². The fourth-order valence-electron chi connectivity index (χ4n) is 2.45. The molecule has 1 amide bonds. The summed E-state index contributed by atoms with van der Waals surface area (Å²) >= 11 is 0. The summed E-state index contributed by atoms with van der Waals surface area (Å²) in [6.07, 6.45) is 2.03. The van der Waals surface area contributed by atoms with E-state index in [1.807, 2.05) is 6.07 Å². The monoisotopic (exact) mass is 277 g/mol. The lowest BCUT2D eigenvalue weighted by Gasteiger charge is -2.36. The SMILES string of the molecule is CN(C)C(=O)c1ccc(N)cc1NC1(C)CCCOC1. The first-order valence-electron chi connectivity index (χ1n) is 6.88. The summed E-state index contributed by atoms with van der Waals surface area (Å²) in [6.45, 7) is 3.55. The molecule has 3 N–H and O–H groups in total. The van der Waals surface area contributed by atoms with Crippen molar-refractivity contribution in [2.75, 3.05) is 38.4 Å². The number of amides is 1. The van der Waals surface area contributed by atoms with Gasteiger partial charge in [0.25, 0.3) is 5.91 Å². The van der Waals surface area contributed by atoms with Crippen molar-refractivity contribution < 1.29 is 9.53 Å². The van der Waals surface area contributed by atoms with Crippen molar-refractivity contribution in [2.45, 2.75) is 25.3 Å². The van der Waals surface area contributed by atoms with E-state index in [1.165, 1.54) is 0 Å². The van der Waals surface area contributed by atoms with E-state index in [1.54, 1.807) is 31.1 Å². The molecule has 0 aliphatic carbocycles. The van der Waals surface area contributed by atoms with Gasteiger partial charge < -0.3 is 20.7 Å². The number of nitrogens with zero attached hydrogens (tertiary/aromatic N) is 1. The molecule has 110 valence electrons. The van der Waals surface area contributed by atoms with Gasteiger partial charge in [-0.25, -0.2) is 0 Å². The second-order valence-electron chi connectivity index (χ2n) is 5.85. The van der Waals surface area contributed by atoms with E-state index >= 15 is 0 Å². The largest absolute Gasteiger partial charge is 0.399 e. The van der Waals surface area contributed by atoms with Crippen molar-refractivity contribution in [3.8, 4) is 0 Å². The highest BCUT2D eigenvalue weighted by atomic mass is 16.5. The van der Waals surface area contributed by atoms with E-state index in [0.29, 0.717) is 17.9 Å². The van der Waals surface area contributed by atoms with Crippen molar-refractivity contribution in [2.24, 2.45) is 0 Å². The molecule has 20 heavy (non-hydrogen) atoms. The number of nitrogens with one attached hydrogen (secondary N) is 1. The Balaban J connectivity index is 2.29. The Morgan fingerprint density at radius 2 is 2.20 bits per heavy atom. The molecule has 0 spiro atoms. The number of carbonyl (C=O) groups is 1. The second kappa shape index (κ2) is 5.71. The van der Waals surface area contributed by atoms with Gasteiger partial charge in [-0.2, -0.15) is 0 Å². The van der Waals surface area contributed by atoms with Gasteiger partial charge >= 0.3 is 0 Å². The third-order valence-corrected chi connectivity index (χ3v) is 3.55. The molecule has 1 unspecified atom stereocenters.